The molecule has 2 nitrogen and oxygen atoms in total. The molecule has 0 aromatic heterocycles. The van der Waals surface area contributed by atoms with E-state index in [1.54, 1.807) is 0 Å². The average Bonchev–Trinajstić information content (AvgIpc) is 1.98. The molecular weight excluding hydrogens is 162 g/mol. The Morgan fingerprint density at radius 2 is 1.92 bits per heavy atom. The Kier molecular flexibility index (Phi) is 6.35. The highest BCUT2D eigenvalue weighted by atomic mass is 16.5. The molecule has 1 unspecified atom stereocenters. The molecule has 0 rings (SSSR count). The summed E-state index contributed by atoms with van der Waals surface area (Å²) in [7, 11) is 0. The number of ether oxygens (including phenoxy) is 1. The van der Waals surface area contributed by atoms with Crippen LogP contribution in [0.4, 0.5) is 0 Å². The fourth-order valence-electron chi connectivity index (χ4n) is 1.05. The van der Waals surface area contributed by atoms with Crippen molar-refractivity contribution in [3.8, 4) is 0 Å². The van der Waals surface area contributed by atoms with Crippen LogP contribution in [0.3, 0.4) is 0 Å². The highest BCUT2D eigenvalue weighted by Gasteiger charge is 2.09. The molecule has 2 heteroatoms. The van der Waals surface area contributed by atoms with Crippen molar-refractivity contribution >= 4 is 0 Å². The van der Waals surface area contributed by atoms with Crippen LogP contribution in [0.1, 0.15) is 47.5 Å². The van der Waals surface area contributed by atoms with Gasteiger partial charge in [0.2, 0.25) is 0 Å². The van der Waals surface area contributed by atoms with Gasteiger partial charge in [-0.15, -0.1) is 0 Å². The molecule has 0 amide bonds. The van der Waals surface area contributed by atoms with Crippen LogP contribution in [-0.2, 0) is 4.74 Å². The van der Waals surface area contributed by atoms with E-state index in [2.05, 4.69) is 39.9 Å². The lowest BCUT2D eigenvalue weighted by molar-refractivity contribution is 0.0598. The molecule has 0 heterocycles. The molecule has 0 aliphatic heterocycles. The second-order valence-electron chi connectivity index (χ2n) is 4.65. The second kappa shape index (κ2) is 6.39. The zero-order valence-corrected chi connectivity index (χ0v) is 9.81. The zero-order valence-electron chi connectivity index (χ0n) is 9.81. The van der Waals surface area contributed by atoms with Crippen LogP contribution in [0, 0.1) is 0 Å². The van der Waals surface area contributed by atoms with Gasteiger partial charge in [-0.05, 0) is 47.1 Å². The molecule has 0 radical (unpaired) electrons. The number of rotatable bonds is 6. The van der Waals surface area contributed by atoms with E-state index in [4.69, 9.17) is 4.74 Å². The molecule has 0 spiro atoms. The lowest BCUT2D eigenvalue weighted by Gasteiger charge is -2.22. The van der Waals surface area contributed by atoms with Crippen molar-refractivity contribution in [2.45, 2.75) is 59.1 Å². The molecule has 13 heavy (non-hydrogen) atoms. The topological polar surface area (TPSA) is 21.3 Å². The molecule has 80 valence electrons. The summed E-state index contributed by atoms with van der Waals surface area (Å²) in [6, 6.07) is 0. The lowest BCUT2D eigenvalue weighted by Crippen LogP contribution is -2.37. The van der Waals surface area contributed by atoms with Crippen LogP contribution in [0.2, 0.25) is 0 Å². The fraction of sp³-hybridized carbons (Fsp3) is 1.00. The van der Waals surface area contributed by atoms with Crippen molar-refractivity contribution in [2.24, 2.45) is 0 Å². The van der Waals surface area contributed by atoms with Gasteiger partial charge in [0.1, 0.15) is 0 Å². The second-order valence-corrected chi connectivity index (χ2v) is 4.65. The first-order chi connectivity index (χ1) is 5.95. The zero-order chi connectivity index (χ0) is 10.3. The van der Waals surface area contributed by atoms with E-state index in [1.165, 1.54) is 0 Å². The highest BCUT2D eigenvalue weighted by molar-refractivity contribution is 4.70. The van der Waals surface area contributed by atoms with Gasteiger partial charge in [-0.1, -0.05) is 6.92 Å². The van der Waals surface area contributed by atoms with Crippen LogP contribution in [0.25, 0.3) is 0 Å². The number of hydrogen-bond acceptors (Lipinski definition) is 2. The molecule has 0 aromatic rings. The van der Waals surface area contributed by atoms with Gasteiger partial charge < -0.3 is 10.1 Å². The van der Waals surface area contributed by atoms with E-state index in [0.717, 1.165) is 26.0 Å². The van der Waals surface area contributed by atoms with Crippen LogP contribution >= 0.6 is 0 Å². The predicted molar refractivity (Wildman–Crippen MR) is 58.1 cm³/mol. The minimum Gasteiger partial charge on any atom is -0.378 e. The Morgan fingerprint density at radius 3 is 2.38 bits per heavy atom. The minimum atomic E-state index is 0.227. The average molecular weight is 187 g/mol. The van der Waals surface area contributed by atoms with Crippen LogP contribution in [0.5, 0.6) is 0 Å². The van der Waals surface area contributed by atoms with Gasteiger partial charge in [0.05, 0.1) is 6.10 Å². The minimum absolute atomic E-state index is 0.227. The van der Waals surface area contributed by atoms with E-state index >= 15 is 0 Å². The molecule has 0 bridgehead atoms. The van der Waals surface area contributed by atoms with E-state index in [0.29, 0.717) is 6.10 Å². The summed E-state index contributed by atoms with van der Waals surface area (Å²) in [6.45, 7) is 12.8. The summed E-state index contributed by atoms with van der Waals surface area (Å²) in [6.07, 6.45) is 2.59. The third kappa shape index (κ3) is 9.84. The monoisotopic (exact) mass is 187 g/mol. The van der Waals surface area contributed by atoms with E-state index in [9.17, 15) is 0 Å². The first-order valence-corrected chi connectivity index (χ1v) is 5.32. The Hall–Kier alpha value is -0.0800. The van der Waals surface area contributed by atoms with Crippen molar-refractivity contribution in [3.63, 3.8) is 0 Å². The maximum Gasteiger partial charge on any atom is 0.0559 e. The summed E-state index contributed by atoms with van der Waals surface area (Å²) >= 11 is 0. The molecular formula is C11H25NO. The molecule has 0 saturated heterocycles. The molecule has 0 aliphatic carbocycles. The molecule has 0 aromatic carbocycles. The fourth-order valence-corrected chi connectivity index (χ4v) is 1.05. The van der Waals surface area contributed by atoms with Gasteiger partial charge in [0, 0.05) is 12.1 Å². The maximum absolute atomic E-state index is 5.57. The van der Waals surface area contributed by atoms with Crippen LogP contribution < -0.4 is 5.32 Å². The highest BCUT2D eigenvalue weighted by Crippen LogP contribution is 2.01. The first-order valence-electron chi connectivity index (χ1n) is 5.32. The van der Waals surface area contributed by atoms with Gasteiger partial charge in [-0.2, -0.15) is 0 Å². The van der Waals surface area contributed by atoms with Gasteiger partial charge in [0.15, 0.2) is 0 Å². The Balaban J connectivity index is 3.31. The predicted octanol–water partition coefficient (Wildman–Crippen LogP) is 2.58. The number of hydrogen-bond donors (Lipinski definition) is 1. The molecule has 0 saturated carbocycles. The van der Waals surface area contributed by atoms with Crippen molar-refractivity contribution < 1.29 is 4.74 Å². The SMILES string of the molecule is CCCOC(C)CCNC(C)(C)C. The molecule has 1 N–H and O–H groups in total. The van der Waals surface area contributed by atoms with Crippen molar-refractivity contribution in [1.29, 1.82) is 0 Å². The van der Waals surface area contributed by atoms with E-state index in [-0.39, 0.29) is 5.54 Å². The van der Waals surface area contributed by atoms with Crippen molar-refractivity contribution in [3.05, 3.63) is 0 Å². The largest absolute Gasteiger partial charge is 0.378 e. The Bertz CT molecular complexity index is 118. The quantitative estimate of drug-likeness (QED) is 0.690. The smallest absolute Gasteiger partial charge is 0.0559 e. The summed E-state index contributed by atoms with van der Waals surface area (Å²) in [5.74, 6) is 0. The van der Waals surface area contributed by atoms with Gasteiger partial charge in [-0.25, -0.2) is 0 Å². The summed E-state index contributed by atoms with van der Waals surface area (Å²) in [5, 5.41) is 3.45. The van der Waals surface area contributed by atoms with Gasteiger partial charge >= 0.3 is 0 Å². The van der Waals surface area contributed by atoms with Gasteiger partial charge in [-0.3, -0.25) is 0 Å². The molecule has 0 fully saturated rings. The molecule has 0 aliphatic rings. The normalized spacial score (nSPS) is 14.5. The summed E-state index contributed by atoms with van der Waals surface area (Å²) < 4.78 is 5.57. The van der Waals surface area contributed by atoms with Crippen molar-refractivity contribution in [1.82, 2.24) is 5.32 Å². The standard InChI is InChI=1S/C11H25NO/c1-6-9-13-10(2)7-8-12-11(3,4)5/h10,12H,6-9H2,1-5H3. The number of nitrogens with one attached hydrogen (secondary N) is 1. The lowest BCUT2D eigenvalue weighted by atomic mass is 10.1. The Morgan fingerprint density at radius 1 is 1.31 bits per heavy atom. The van der Waals surface area contributed by atoms with Gasteiger partial charge in [0.25, 0.3) is 0 Å². The summed E-state index contributed by atoms with van der Waals surface area (Å²) in [4.78, 5) is 0. The van der Waals surface area contributed by atoms with Crippen LogP contribution in [0.15, 0.2) is 0 Å². The van der Waals surface area contributed by atoms with Crippen molar-refractivity contribution in [2.75, 3.05) is 13.2 Å². The van der Waals surface area contributed by atoms with E-state index < -0.39 is 0 Å². The maximum atomic E-state index is 5.57. The summed E-state index contributed by atoms with van der Waals surface area (Å²) in [5.41, 5.74) is 0.227. The van der Waals surface area contributed by atoms with E-state index in [1.807, 2.05) is 0 Å². The third-order valence-corrected chi connectivity index (χ3v) is 1.81. The first kappa shape index (κ1) is 12.9. The molecule has 1 atom stereocenters. The van der Waals surface area contributed by atoms with Crippen LogP contribution in [-0.4, -0.2) is 24.8 Å². The Labute approximate surface area is 83.1 Å². The third-order valence-electron chi connectivity index (χ3n) is 1.81.